The minimum atomic E-state index is -3.44. The van der Waals surface area contributed by atoms with Gasteiger partial charge in [0.1, 0.15) is 30.6 Å². The van der Waals surface area contributed by atoms with Crippen LogP contribution in [0.2, 0.25) is 0 Å². The molecule has 3 aliphatic rings. The normalized spacial score (nSPS) is 39.1. The van der Waals surface area contributed by atoms with Crippen LogP contribution in [0.1, 0.15) is 120 Å². The molecular formula is C53H90Cl2FN3O15S. The van der Waals surface area contributed by atoms with Crippen molar-refractivity contribution in [1.29, 1.82) is 0 Å². The quantitative estimate of drug-likeness (QED) is 0.0970. The van der Waals surface area contributed by atoms with Crippen molar-refractivity contribution in [3.8, 4) is 0 Å². The number of esters is 1. The van der Waals surface area contributed by atoms with Crippen LogP contribution in [-0.4, -0.2) is 204 Å². The SMILES string of the molecule is CC[C@H]1OC(=O)[C@H](C)[C@@H](O[C@H]2C[C@@](C)(OC)[C@@H](O)[C@H](C)O2)[C@H](C)[C@@H](O[C@@H]2O[C@H](C)C[C@H](N(C)CCC(Cl)(Cl)C(=O)N[C@H](CF)Cc3ccc(S(C)(=O)=O)cc3)[C@H]2O)[C@](C)(O)CC[C@@H](C)CN(C)[C@H](C)[C@@H](O)C[C@]1(C)O. The molecule has 22 heteroatoms. The van der Waals surface area contributed by atoms with Crippen molar-refractivity contribution in [3.05, 3.63) is 29.8 Å². The standard InChI is InChI=1S/C53H90Cl2FN3O15S/c1-15-41-51(9,66)26-40(60)34(6)59(12)29-30(2)20-21-50(8,65)46(32(4)44(33(5)47(63)72-41)73-42-27-52(10,69-13)45(62)35(7)71-42)74-48-43(61)39(24-31(3)70-48)58(11)23-22-53(54,55)49(64)57-37(28-56)25-36-16-18-38(19-17-36)75(14,67)68/h16-19,30-35,37,39-46,48,60-62,65-66H,15,20-29H2,1-14H3,(H,57,64)/t30-,31-,32+,33-,34-,35+,37+,39+,40+,41-,42+,43-,44+,45+,46-,48+,50-,51+,52-/m1/s1. The summed E-state index contributed by atoms with van der Waals surface area (Å²) in [6.07, 6.45) is -8.32. The molecule has 18 nitrogen and oxygen atoms in total. The van der Waals surface area contributed by atoms with Crippen molar-refractivity contribution in [2.24, 2.45) is 17.8 Å². The van der Waals surface area contributed by atoms with Gasteiger partial charge in [0.2, 0.25) is 0 Å². The van der Waals surface area contributed by atoms with Crippen molar-refractivity contribution < 1.29 is 76.4 Å². The van der Waals surface area contributed by atoms with Gasteiger partial charge in [-0.1, -0.05) is 56.1 Å². The van der Waals surface area contributed by atoms with E-state index in [4.69, 9.17) is 51.6 Å². The maximum atomic E-state index is 14.5. The maximum Gasteiger partial charge on any atom is 0.311 e. The van der Waals surface area contributed by atoms with Gasteiger partial charge in [0.25, 0.3) is 5.91 Å². The predicted octanol–water partition coefficient (Wildman–Crippen LogP) is 4.72. The Morgan fingerprint density at radius 3 is 2.21 bits per heavy atom. The van der Waals surface area contributed by atoms with Gasteiger partial charge in [-0.3, -0.25) is 9.59 Å². The van der Waals surface area contributed by atoms with E-state index in [0.717, 1.165) is 6.26 Å². The number of methoxy groups -OCH3 is 1. The molecule has 0 bridgehead atoms. The highest BCUT2D eigenvalue weighted by atomic mass is 35.5. The number of nitrogens with one attached hydrogen (secondary N) is 1. The van der Waals surface area contributed by atoms with E-state index in [1.54, 1.807) is 72.5 Å². The molecule has 0 spiro atoms. The lowest BCUT2D eigenvalue weighted by Crippen LogP contribution is -2.60. The molecule has 0 saturated carbocycles. The van der Waals surface area contributed by atoms with E-state index in [2.05, 4.69) is 5.32 Å². The first kappa shape index (κ1) is 65.7. The minimum Gasteiger partial charge on any atom is -0.459 e. The lowest BCUT2D eigenvalue weighted by molar-refractivity contribution is -0.318. The minimum absolute atomic E-state index is 0.0190. The zero-order chi connectivity index (χ0) is 56.8. The monoisotopic (exact) mass is 1130 g/mol. The number of hydrogen-bond acceptors (Lipinski definition) is 17. The molecule has 0 aliphatic carbocycles. The van der Waals surface area contributed by atoms with Gasteiger partial charge in [-0.2, -0.15) is 0 Å². The van der Waals surface area contributed by atoms with Crippen LogP contribution < -0.4 is 5.32 Å². The number of carbonyl (C=O) groups excluding carboxylic acids is 2. The van der Waals surface area contributed by atoms with Gasteiger partial charge < -0.3 is 69.1 Å². The van der Waals surface area contributed by atoms with E-state index in [1.165, 1.54) is 26.2 Å². The van der Waals surface area contributed by atoms with Gasteiger partial charge in [0, 0.05) is 63.7 Å². The van der Waals surface area contributed by atoms with Gasteiger partial charge in [-0.05, 0) is 118 Å². The Balaban J connectivity index is 1.66. The lowest BCUT2D eigenvalue weighted by atomic mass is 9.78. The first-order valence-corrected chi connectivity index (χ1v) is 29.1. The molecule has 6 N–H and O–H groups in total. The molecule has 0 radical (unpaired) electrons. The largest absolute Gasteiger partial charge is 0.459 e. The first-order valence-electron chi connectivity index (χ1n) is 26.4. The molecule has 3 fully saturated rings. The Bertz CT molecular complexity index is 2100. The molecule has 1 amide bonds. The third kappa shape index (κ3) is 17.3. The Kier molecular flexibility index (Phi) is 23.7. The number of likely N-dealkylation sites (N-methyl/N-ethyl adjacent to an activating group) is 2. The number of aliphatic hydroxyl groups excluding tert-OH is 3. The fraction of sp³-hybridized carbons (Fsp3) is 0.849. The Morgan fingerprint density at radius 1 is 1.01 bits per heavy atom. The summed E-state index contributed by atoms with van der Waals surface area (Å²) < 4.78 is 74.2. The average molecular weight is 1130 g/mol. The van der Waals surface area contributed by atoms with E-state index in [0.29, 0.717) is 24.9 Å². The third-order valence-corrected chi connectivity index (χ3v) is 18.0. The van der Waals surface area contributed by atoms with Crippen LogP contribution in [-0.2, 0) is 54.3 Å². The van der Waals surface area contributed by atoms with E-state index in [-0.39, 0.29) is 55.9 Å². The van der Waals surface area contributed by atoms with Crippen molar-refractivity contribution in [3.63, 3.8) is 0 Å². The number of cyclic esters (lactones) is 1. The summed E-state index contributed by atoms with van der Waals surface area (Å²) in [7, 11) is 1.63. The van der Waals surface area contributed by atoms with Gasteiger partial charge in [0.15, 0.2) is 26.8 Å². The number of rotatable bonds is 16. The van der Waals surface area contributed by atoms with E-state index in [9.17, 15) is 47.9 Å². The number of hydrogen-bond donors (Lipinski definition) is 6. The Morgan fingerprint density at radius 2 is 1.64 bits per heavy atom. The van der Waals surface area contributed by atoms with Crippen LogP contribution in [0.3, 0.4) is 0 Å². The zero-order valence-corrected chi connectivity index (χ0v) is 48.9. The second kappa shape index (κ2) is 27.1. The molecular weight excluding hydrogens is 1040 g/mol. The molecule has 3 heterocycles. The Labute approximate surface area is 455 Å². The molecule has 3 saturated heterocycles. The summed E-state index contributed by atoms with van der Waals surface area (Å²) in [5.74, 6) is -3.59. The average Bonchev–Trinajstić information content (AvgIpc) is 3.33. The number of alkyl halides is 3. The summed E-state index contributed by atoms with van der Waals surface area (Å²) in [5, 5.41) is 62.0. The number of aliphatic hydroxyl groups is 5. The van der Waals surface area contributed by atoms with Crippen molar-refractivity contribution in [1.82, 2.24) is 15.1 Å². The first-order chi connectivity index (χ1) is 34.6. The fourth-order valence-corrected chi connectivity index (χ4v) is 11.8. The van der Waals surface area contributed by atoms with E-state index in [1.807, 2.05) is 25.8 Å². The van der Waals surface area contributed by atoms with Gasteiger partial charge in [-0.25, -0.2) is 12.8 Å². The van der Waals surface area contributed by atoms with Crippen LogP contribution >= 0.6 is 23.2 Å². The highest BCUT2D eigenvalue weighted by Crippen LogP contribution is 2.40. The molecule has 1 aromatic rings. The molecule has 1 aromatic carbocycles. The zero-order valence-electron chi connectivity index (χ0n) is 46.6. The highest BCUT2D eigenvalue weighted by molar-refractivity contribution is 7.90. The fourth-order valence-electron chi connectivity index (χ4n) is 10.9. The summed E-state index contributed by atoms with van der Waals surface area (Å²) in [4.78, 5) is 31.9. The third-order valence-electron chi connectivity index (χ3n) is 16.1. The summed E-state index contributed by atoms with van der Waals surface area (Å²) in [6, 6.07) is 3.82. The van der Waals surface area contributed by atoms with Gasteiger partial charge in [0.05, 0.1) is 58.6 Å². The van der Waals surface area contributed by atoms with Gasteiger partial charge in [-0.15, -0.1) is 0 Å². The second-order valence-electron chi connectivity index (χ2n) is 22.9. The maximum absolute atomic E-state index is 14.5. The summed E-state index contributed by atoms with van der Waals surface area (Å²) in [5.41, 5.74) is -3.84. The number of halogens is 3. The summed E-state index contributed by atoms with van der Waals surface area (Å²) in [6.45, 7) is 17.1. The van der Waals surface area contributed by atoms with Crippen molar-refractivity contribution in [2.75, 3.05) is 47.2 Å². The number of benzene rings is 1. The number of amides is 1. The molecule has 434 valence electrons. The number of sulfone groups is 1. The number of carbonyl (C=O) groups is 2. The molecule has 19 atom stereocenters. The van der Waals surface area contributed by atoms with Crippen LogP contribution in [0.15, 0.2) is 29.2 Å². The van der Waals surface area contributed by atoms with E-state index >= 15 is 0 Å². The van der Waals surface area contributed by atoms with Crippen LogP contribution in [0.5, 0.6) is 0 Å². The molecule has 75 heavy (non-hydrogen) atoms. The molecule has 3 aliphatic heterocycles. The van der Waals surface area contributed by atoms with Crippen LogP contribution in [0, 0.1) is 17.8 Å². The van der Waals surface area contributed by atoms with Crippen molar-refractivity contribution in [2.45, 2.75) is 226 Å². The number of ether oxygens (including phenoxy) is 6. The van der Waals surface area contributed by atoms with Crippen LogP contribution in [0.25, 0.3) is 0 Å². The highest BCUT2D eigenvalue weighted by Gasteiger charge is 2.52. The molecule has 0 aromatic heterocycles. The molecule has 0 unspecified atom stereocenters. The second-order valence-corrected chi connectivity index (χ2v) is 26.4. The van der Waals surface area contributed by atoms with Gasteiger partial charge >= 0.3 is 5.97 Å². The summed E-state index contributed by atoms with van der Waals surface area (Å²) >= 11 is 13.3. The topological polar surface area (TPSA) is 243 Å². The van der Waals surface area contributed by atoms with E-state index < -0.39 is 141 Å². The lowest BCUT2D eigenvalue weighted by Gasteiger charge is -2.49. The van der Waals surface area contributed by atoms with Crippen LogP contribution in [0.4, 0.5) is 4.39 Å². The number of nitrogens with zero attached hydrogens (tertiary/aromatic N) is 2. The predicted molar refractivity (Wildman–Crippen MR) is 283 cm³/mol. The van der Waals surface area contributed by atoms with Crippen molar-refractivity contribution >= 4 is 44.9 Å². The smallest absolute Gasteiger partial charge is 0.311 e. The Hall–Kier alpha value is -1.86. The molecule has 4 rings (SSSR count).